The second kappa shape index (κ2) is 5.87. The highest BCUT2D eigenvalue weighted by atomic mass is 19.4. The van der Waals surface area contributed by atoms with Gasteiger partial charge in [0.2, 0.25) is 0 Å². The first-order valence-electron chi connectivity index (χ1n) is 5.33. The molecule has 1 nitrogen and oxygen atoms in total. The third kappa shape index (κ3) is 3.47. The molecule has 0 bridgehead atoms. The third-order valence-corrected chi connectivity index (χ3v) is 2.53. The summed E-state index contributed by atoms with van der Waals surface area (Å²) in [6.07, 6.45) is -4.31. The average Bonchev–Trinajstić information content (AvgIpc) is 2.30. The first kappa shape index (κ1) is 14.5. The van der Waals surface area contributed by atoms with E-state index in [-0.39, 0.29) is 6.04 Å². The topological polar surface area (TPSA) is 12.0 Å². The second-order valence-corrected chi connectivity index (χ2v) is 3.71. The quantitative estimate of drug-likeness (QED) is 0.647. The van der Waals surface area contributed by atoms with Crippen LogP contribution in [0.1, 0.15) is 30.5 Å². The van der Waals surface area contributed by atoms with E-state index >= 15 is 0 Å². The van der Waals surface area contributed by atoms with Crippen molar-refractivity contribution in [2.75, 3.05) is 7.05 Å². The van der Waals surface area contributed by atoms with E-state index in [2.05, 4.69) is 17.2 Å². The molecular weight excluding hydrogens is 246 g/mol. The van der Waals surface area contributed by atoms with Gasteiger partial charge in [0.25, 0.3) is 0 Å². The molecule has 18 heavy (non-hydrogen) atoms. The Kier molecular flexibility index (Phi) is 4.74. The van der Waals surface area contributed by atoms with Crippen molar-refractivity contribution in [2.24, 2.45) is 0 Å². The van der Waals surface area contributed by atoms with Gasteiger partial charge in [-0.25, -0.2) is 4.39 Å². The SMILES string of the molecule is CC#CCC(NC)c1ccc(F)c(C(F)(F)F)c1. The minimum atomic E-state index is -4.69. The maximum absolute atomic E-state index is 13.1. The van der Waals surface area contributed by atoms with Crippen LogP contribution in [0, 0.1) is 17.7 Å². The molecule has 1 aromatic rings. The summed E-state index contributed by atoms with van der Waals surface area (Å²) < 4.78 is 50.8. The first-order chi connectivity index (χ1) is 8.40. The van der Waals surface area contributed by atoms with Gasteiger partial charge in [-0.05, 0) is 31.7 Å². The summed E-state index contributed by atoms with van der Waals surface area (Å²) in [6, 6.07) is 2.65. The molecule has 0 radical (unpaired) electrons. The van der Waals surface area contributed by atoms with Crippen LogP contribution in [0.4, 0.5) is 17.6 Å². The fraction of sp³-hybridized carbons (Fsp3) is 0.385. The van der Waals surface area contributed by atoms with E-state index in [1.54, 1.807) is 14.0 Å². The molecule has 1 N–H and O–H groups in total. The molecule has 0 aliphatic carbocycles. The number of benzene rings is 1. The first-order valence-corrected chi connectivity index (χ1v) is 5.33. The molecule has 1 unspecified atom stereocenters. The number of alkyl halides is 3. The molecule has 0 fully saturated rings. The lowest BCUT2D eigenvalue weighted by molar-refractivity contribution is -0.140. The molecule has 0 aliphatic rings. The van der Waals surface area contributed by atoms with Gasteiger partial charge >= 0.3 is 6.18 Å². The Bertz CT molecular complexity index is 468. The third-order valence-electron chi connectivity index (χ3n) is 2.53. The molecule has 5 heteroatoms. The van der Waals surface area contributed by atoms with Gasteiger partial charge in [0.1, 0.15) is 5.82 Å². The lowest BCUT2D eigenvalue weighted by Gasteiger charge is -2.16. The number of rotatable bonds is 3. The summed E-state index contributed by atoms with van der Waals surface area (Å²) in [5.41, 5.74) is -0.876. The van der Waals surface area contributed by atoms with Crippen molar-refractivity contribution < 1.29 is 17.6 Å². The minimum absolute atomic E-state index is 0.348. The fourth-order valence-electron chi connectivity index (χ4n) is 1.57. The van der Waals surface area contributed by atoms with Crippen LogP contribution >= 0.6 is 0 Å². The highest BCUT2D eigenvalue weighted by Crippen LogP contribution is 2.33. The molecule has 1 aromatic carbocycles. The molecule has 0 spiro atoms. The second-order valence-electron chi connectivity index (χ2n) is 3.71. The smallest absolute Gasteiger partial charge is 0.312 e. The lowest BCUT2D eigenvalue weighted by atomic mass is 10.0. The highest BCUT2D eigenvalue weighted by Gasteiger charge is 2.34. The van der Waals surface area contributed by atoms with Crippen molar-refractivity contribution in [3.63, 3.8) is 0 Å². The van der Waals surface area contributed by atoms with E-state index in [0.717, 1.165) is 12.1 Å². The van der Waals surface area contributed by atoms with Crippen LogP contribution in [0.25, 0.3) is 0 Å². The molecule has 0 saturated carbocycles. The van der Waals surface area contributed by atoms with Crippen LogP contribution in [-0.2, 0) is 6.18 Å². The lowest BCUT2D eigenvalue weighted by Crippen LogP contribution is -2.17. The van der Waals surface area contributed by atoms with Crippen LogP contribution in [0.2, 0.25) is 0 Å². The van der Waals surface area contributed by atoms with Crippen LogP contribution in [0.3, 0.4) is 0 Å². The summed E-state index contributed by atoms with van der Waals surface area (Å²) in [5.74, 6) is 4.19. The molecule has 0 heterocycles. The molecule has 0 amide bonds. The van der Waals surface area contributed by atoms with Crippen LogP contribution < -0.4 is 5.32 Å². The van der Waals surface area contributed by atoms with Crippen LogP contribution in [-0.4, -0.2) is 7.05 Å². The van der Waals surface area contributed by atoms with Crippen molar-refractivity contribution in [3.8, 4) is 11.8 Å². The summed E-state index contributed by atoms with van der Waals surface area (Å²) in [4.78, 5) is 0. The van der Waals surface area contributed by atoms with Crippen molar-refractivity contribution in [3.05, 3.63) is 35.1 Å². The summed E-state index contributed by atoms with van der Waals surface area (Å²) in [6.45, 7) is 1.65. The number of hydrogen-bond acceptors (Lipinski definition) is 1. The fourth-order valence-corrected chi connectivity index (χ4v) is 1.57. The predicted octanol–water partition coefficient (Wildman–Crippen LogP) is 3.52. The Labute approximate surface area is 103 Å². The van der Waals surface area contributed by atoms with Crippen LogP contribution in [0.5, 0.6) is 0 Å². The summed E-state index contributed by atoms with van der Waals surface area (Å²) in [5, 5.41) is 2.86. The minimum Gasteiger partial charge on any atom is -0.312 e. The Balaban J connectivity index is 3.12. The molecule has 0 aliphatic heterocycles. The number of nitrogens with one attached hydrogen (secondary N) is 1. The number of hydrogen-bond donors (Lipinski definition) is 1. The van der Waals surface area contributed by atoms with Gasteiger partial charge in [-0.3, -0.25) is 0 Å². The van der Waals surface area contributed by atoms with Crippen molar-refractivity contribution in [1.82, 2.24) is 5.32 Å². The Morgan fingerprint density at radius 3 is 2.50 bits per heavy atom. The zero-order valence-corrected chi connectivity index (χ0v) is 10.0. The van der Waals surface area contributed by atoms with Gasteiger partial charge < -0.3 is 5.32 Å². The largest absolute Gasteiger partial charge is 0.419 e. The maximum atomic E-state index is 13.1. The van der Waals surface area contributed by atoms with Gasteiger partial charge in [0.05, 0.1) is 5.56 Å². The zero-order valence-electron chi connectivity index (χ0n) is 10.0. The van der Waals surface area contributed by atoms with Crippen molar-refractivity contribution in [2.45, 2.75) is 25.6 Å². The van der Waals surface area contributed by atoms with Crippen molar-refractivity contribution in [1.29, 1.82) is 0 Å². The molecule has 1 rings (SSSR count). The summed E-state index contributed by atoms with van der Waals surface area (Å²) >= 11 is 0. The Hall–Kier alpha value is -1.54. The number of halogens is 4. The van der Waals surface area contributed by atoms with E-state index in [4.69, 9.17) is 0 Å². The van der Waals surface area contributed by atoms with Gasteiger partial charge in [-0.15, -0.1) is 11.8 Å². The Morgan fingerprint density at radius 1 is 1.33 bits per heavy atom. The summed E-state index contributed by atoms with van der Waals surface area (Å²) in [7, 11) is 1.62. The van der Waals surface area contributed by atoms with Gasteiger partial charge in [-0.2, -0.15) is 13.2 Å². The molecule has 0 aromatic heterocycles. The highest BCUT2D eigenvalue weighted by molar-refractivity contribution is 5.30. The molecule has 98 valence electrons. The standard InChI is InChI=1S/C13H13F4N/c1-3-4-5-12(18-2)9-6-7-11(14)10(8-9)13(15,16)17/h6-8,12,18H,5H2,1-2H3. The molecular formula is C13H13F4N. The predicted molar refractivity (Wildman–Crippen MR) is 61.3 cm³/mol. The van der Waals surface area contributed by atoms with E-state index in [0.29, 0.717) is 12.0 Å². The van der Waals surface area contributed by atoms with Gasteiger partial charge in [-0.1, -0.05) is 6.07 Å². The molecule has 0 saturated heterocycles. The molecule has 1 atom stereocenters. The van der Waals surface area contributed by atoms with Gasteiger partial charge in [0.15, 0.2) is 0 Å². The van der Waals surface area contributed by atoms with Gasteiger partial charge in [0, 0.05) is 12.5 Å². The van der Waals surface area contributed by atoms with Crippen LogP contribution in [0.15, 0.2) is 18.2 Å². The zero-order chi connectivity index (χ0) is 13.8. The van der Waals surface area contributed by atoms with E-state index in [1.807, 2.05) is 0 Å². The normalized spacial score (nSPS) is 12.8. The van der Waals surface area contributed by atoms with E-state index in [1.165, 1.54) is 6.07 Å². The average molecular weight is 259 g/mol. The monoisotopic (exact) mass is 259 g/mol. The Morgan fingerprint density at radius 2 is 2.00 bits per heavy atom. The van der Waals surface area contributed by atoms with E-state index in [9.17, 15) is 17.6 Å². The van der Waals surface area contributed by atoms with Crippen molar-refractivity contribution >= 4 is 0 Å². The van der Waals surface area contributed by atoms with E-state index < -0.39 is 17.6 Å². The maximum Gasteiger partial charge on any atom is 0.419 e.